The Labute approximate surface area is 131 Å². The number of fused-ring (bicyclic) bond motifs is 1. The van der Waals surface area contributed by atoms with E-state index in [-0.39, 0.29) is 16.6 Å². The molecule has 2 aromatic carbocycles. The number of rotatable bonds is 4. The second-order valence-electron chi connectivity index (χ2n) is 5.20. The van der Waals surface area contributed by atoms with Crippen molar-refractivity contribution in [2.75, 3.05) is 0 Å². The first-order valence-corrected chi connectivity index (χ1v) is 6.99. The Morgan fingerprint density at radius 2 is 1.74 bits per heavy atom. The third kappa shape index (κ3) is 2.55. The fraction of sp³-hybridized carbons (Fsp3) is 0.118. The summed E-state index contributed by atoms with van der Waals surface area (Å²) in [6.45, 7) is 2.31. The van der Waals surface area contributed by atoms with E-state index in [1.54, 1.807) is 13.0 Å². The van der Waals surface area contributed by atoms with Gasteiger partial charge in [-0.15, -0.1) is 0 Å². The van der Waals surface area contributed by atoms with Gasteiger partial charge in [-0.3, -0.25) is 0 Å². The van der Waals surface area contributed by atoms with E-state index >= 15 is 0 Å². The molecule has 0 atom stereocenters. The molecule has 0 saturated heterocycles. The van der Waals surface area contributed by atoms with Gasteiger partial charge in [0.1, 0.15) is 16.9 Å². The van der Waals surface area contributed by atoms with Crippen molar-refractivity contribution in [1.29, 1.82) is 0 Å². The maximum atomic E-state index is 11.5. The average molecular weight is 310 g/mol. The molecule has 0 bridgehead atoms. The molecule has 6 nitrogen and oxygen atoms in total. The monoisotopic (exact) mass is 310 g/mol. The van der Waals surface area contributed by atoms with Crippen LogP contribution in [0.1, 0.15) is 32.1 Å². The molecule has 0 saturated carbocycles. The van der Waals surface area contributed by atoms with Crippen LogP contribution in [-0.2, 0) is 6.54 Å². The van der Waals surface area contributed by atoms with Crippen molar-refractivity contribution in [1.82, 2.24) is 9.55 Å². The fourth-order valence-electron chi connectivity index (χ4n) is 2.67. The van der Waals surface area contributed by atoms with Gasteiger partial charge in [0, 0.05) is 6.54 Å². The summed E-state index contributed by atoms with van der Waals surface area (Å²) in [5.41, 5.74) is 1.33. The van der Waals surface area contributed by atoms with Gasteiger partial charge in [-0.25, -0.2) is 14.6 Å². The van der Waals surface area contributed by atoms with Crippen molar-refractivity contribution >= 4 is 23.0 Å². The number of carboxylic acid groups (broad SMARTS) is 2. The van der Waals surface area contributed by atoms with E-state index in [4.69, 9.17) is 0 Å². The van der Waals surface area contributed by atoms with Gasteiger partial charge >= 0.3 is 11.9 Å². The number of aryl methyl sites for hydroxylation is 1. The zero-order valence-electron chi connectivity index (χ0n) is 12.4. The smallest absolute Gasteiger partial charge is 0.338 e. The van der Waals surface area contributed by atoms with Gasteiger partial charge in [0.05, 0.1) is 11.1 Å². The van der Waals surface area contributed by atoms with Crippen molar-refractivity contribution in [3.63, 3.8) is 0 Å². The minimum Gasteiger partial charge on any atom is -0.478 e. The van der Waals surface area contributed by atoms with Gasteiger partial charge in [-0.1, -0.05) is 30.3 Å². The first kappa shape index (κ1) is 14.8. The number of imidazole rings is 1. The molecule has 2 N–H and O–H groups in total. The third-order valence-corrected chi connectivity index (χ3v) is 3.74. The molecule has 0 spiro atoms. The van der Waals surface area contributed by atoms with Crippen molar-refractivity contribution in [2.24, 2.45) is 0 Å². The van der Waals surface area contributed by atoms with Crippen LogP contribution < -0.4 is 0 Å². The van der Waals surface area contributed by atoms with Gasteiger partial charge in [-0.2, -0.15) is 0 Å². The van der Waals surface area contributed by atoms with Crippen LogP contribution in [0.25, 0.3) is 11.0 Å². The molecule has 3 rings (SSSR count). The zero-order valence-corrected chi connectivity index (χ0v) is 12.4. The van der Waals surface area contributed by atoms with Crippen molar-refractivity contribution in [3.8, 4) is 0 Å². The molecule has 6 heteroatoms. The number of benzene rings is 2. The summed E-state index contributed by atoms with van der Waals surface area (Å²) in [6.07, 6.45) is 0. The molecule has 0 fully saturated rings. The Morgan fingerprint density at radius 1 is 1.04 bits per heavy atom. The fourth-order valence-corrected chi connectivity index (χ4v) is 2.67. The van der Waals surface area contributed by atoms with Crippen LogP contribution in [0.15, 0.2) is 42.5 Å². The molecule has 3 aromatic rings. The van der Waals surface area contributed by atoms with Crippen LogP contribution in [0.2, 0.25) is 0 Å². The first-order valence-electron chi connectivity index (χ1n) is 6.99. The lowest BCUT2D eigenvalue weighted by atomic mass is 10.1. The largest absolute Gasteiger partial charge is 0.478 e. The summed E-state index contributed by atoms with van der Waals surface area (Å²) in [5, 5.41) is 18.6. The summed E-state index contributed by atoms with van der Waals surface area (Å²) in [6, 6.07) is 12.6. The number of carboxylic acids is 2. The lowest BCUT2D eigenvalue weighted by molar-refractivity contribution is 0.0653. The van der Waals surface area contributed by atoms with Crippen LogP contribution >= 0.6 is 0 Å². The lowest BCUT2D eigenvalue weighted by Crippen LogP contribution is -2.09. The van der Waals surface area contributed by atoms with Gasteiger partial charge in [0.15, 0.2) is 0 Å². The SMILES string of the molecule is Cc1nc2c(C(=O)O)c(C(=O)O)ccc2n1Cc1ccccc1. The van der Waals surface area contributed by atoms with Crippen LogP contribution in [0.3, 0.4) is 0 Å². The van der Waals surface area contributed by atoms with Crippen molar-refractivity contribution in [2.45, 2.75) is 13.5 Å². The predicted octanol–water partition coefficient (Wildman–Crippen LogP) is 2.79. The Bertz CT molecular complexity index is 913. The molecule has 23 heavy (non-hydrogen) atoms. The number of aromatic nitrogens is 2. The first-order chi connectivity index (χ1) is 11.0. The minimum absolute atomic E-state index is 0.200. The summed E-state index contributed by atoms with van der Waals surface area (Å²) in [5.74, 6) is -1.94. The molecule has 0 aliphatic carbocycles. The van der Waals surface area contributed by atoms with Gasteiger partial charge < -0.3 is 14.8 Å². The van der Waals surface area contributed by atoms with E-state index < -0.39 is 11.9 Å². The quantitative estimate of drug-likeness (QED) is 0.773. The molecule has 0 amide bonds. The summed E-state index contributed by atoms with van der Waals surface area (Å²) >= 11 is 0. The van der Waals surface area contributed by atoms with Crippen LogP contribution in [0.5, 0.6) is 0 Å². The van der Waals surface area contributed by atoms with E-state index in [1.807, 2.05) is 34.9 Å². The normalized spacial score (nSPS) is 10.8. The van der Waals surface area contributed by atoms with Crippen molar-refractivity contribution < 1.29 is 19.8 Å². The van der Waals surface area contributed by atoms with E-state index in [1.165, 1.54) is 6.07 Å². The van der Waals surface area contributed by atoms with Crippen LogP contribution in [0, 0.1) is 6.92 Å². The maximum absolute atomic E-state index is 11.5. The number of nitrogens with zero attached hydrogens (tertiary/aromatic N) is 2. The van der Waals surface area contributed by atoms with Gasteiger partial charge in [0.25, 0.3) is 0 Å². The highest BCUT2D eigenvalue weighted by molar-refractivity contribution is 6.10. The van der Waals surface area contributed by atoms with E-state index in [2.05, 4.69) is 4.98 Å². The van der Waals surface area contributed by atoms with Crippen molar-refractivity contribution in [3.05, 3.63) is 65.0 Å². The summed E-state index contributed by atoms with van der Waals surface area (Å²) in [4.78, 5) is 27.1. The summed E-state index contributed by atoms with van der Waals surface area (Å²) < 4.78 is 1.88. The zero-order chi connectivity index (χ0) is 16.6. The molecule has 116 valence electrons. The number of hydrogen-bond donors (Lipinski definition) is 2. The summed E-state index contributed by atoms with van der Waals surface area (Å²) in [7, 11) is 0. The maximum Gasteiger partial charge on any atom is 0.338 e. The number of hydrogen-bond acceptors (Lipinski definition) is 3. The Hall–Kier alpha value is -3.15. The number of aromatic carboxylic acids is 2. The molecule has 0 aliphatic heterocycles. The molecule has 1 aromatic heterocycles. The third-order valence-electron chi connectivity index (χ3n) is 3.74. The Kier molecular flexibility index (Phi) is 3.57. The highest BCUT2D eigenvalue weighted by atomic mass is 16.4. The van der Waals surface area contributed by atoms with Crippen LogP contribution in [0.4, 0.5) is 0 Å². The highest BCUT2D eigenvalue weighted by Crippen LogP contribution is 2.24. The predicted molar refractivity (Wildman–Crippen MR) is 83.9 cm³/mol. The second-order valence-corrected chi connectivity index (χ2v) is 5.20. The van der Waals surface area contributed by atoms with Gasteiger partial charge in [0.2, 0.25) is 0 Å². The minimum atomic E-state index is -1.29. The Balaban J connectivity index is 2.22. The van der Waals surface area contributed by atoms with E-state index in [0.29, 0.717) is 17.9 Å². The molecular weight excluding hydrogens is 296 g/mol. The van der Waals surface area contributed by atoms with Gasteiger partial charge in [-0.05, 0) is 24.6 Å². The van der Waals surface area contributed by atoms with Crippen LogP contribution in [-0.4, -0.2) is 31.7 Å². The lowest BCUT2D eigenvalue weighted by Gasteiger charge is -2.08. The van der Waals surface area contributed by atoms with E-state index in [9.17, 15) is 19.8 Å². The molecule has 1 heterocycles. The highest BCUT2D eigenvalue weighted by Gasteiger charge is 2.23. The second kappa shape index (κ2) is 5.57. The topological polar surface area (TPSA) is 92.4 Å². The van der Waals surface area contributed by atoms with E-state index in [0.717, 1.165) is 5.56 Å². The molecule has 0 radical (unpaired) electrons. The average Bonchev–Trinajstić information content (AvgIpc) is 2.83. The molecule has 0 unspecified atom stereocenters. The standard InChI is InChI=1S/C17H14N2O4/c1-10-18-15-13(19(10)9-11-5-3-2-4-6-11)8-7-12(16(20)21)14(15)17(22)23/h2-8H,9H2,1H3,(H,20,21)(H,22,23). The number of carbonyl (C=O) groups is 2. The Morgan fingerprint density at radius 3 is 2.35 bits per heavy atom. The molecular formula is C17H14N2O4. The molecule has 0 aliphatic rings.